The smallest absolute Gasteiger partial charge is 0.410 e. The minimum absolute atomic E-state index is 0.238. The molecule has 1 fully saturated rings. The molecule has 0 radical (unpaired) electrons. The Kier molecular flexibility index (Phi) is 7.80. The Balaban J connectivity index is 1.81. The van der Waals surface area contributed by atoms with Crippen molar-refractivity contribution in [2.24, 2.45) is 16.6 Å². The van der Waals surface area contributed by atoms with Gasteiger partial charge in [0.05, 0.1) is 12.1 Å². The molecule has 0 bridgehead atoms. The number of nitrogens with zero attached hydrogens (tertiary/aromatic N) is 2. The fourth-order valence-corrected chi connectivity index (χ4v) is 3.35. The molecule has 1 atom stereocenters. The molecule has 1 heterocycles. The van der Waals surface area contributed by atoms with Crippen LogP contribution in [0.5, 0.6) is 5.75 Å². The molecule has 3 N–H and O–H groups in total. The third kappa shape index (κ3) is 7.11. The highest BCUT2D eigenvalue weighted by Gasteiger charge is 2.27. The largest absolute Gasteiger partial charge is 0.495 e. The van der Waals surface area contributed by atoms with E-state index in [0.717, 1.165) is 31.5 Å². The van der Waals surface area contributed by atoms with Crippen LogP contribution in [0.1, 0.15) is 40.0 Å². The molecule has 28 heavy (non-hydrogen) atoms. The normalized spacial score (nSPS) is 18.0. The van der Waals surface area contributed by atoms with E-state index < -0.39 is 5.60 Å². The number of rotatable bonds is 5. The molecule has 1 unspecified atom stereocenters. The standard InChI is InChI=1S/C20H31ClN4O3/c1-20(2,3)28-19(26)25-11-5-6-14(13-25)9-10-23-18(22)24-15-7-8-17(27-4)16(21)12-15/h7-8,12,14H,5-6,9-11,13H2,1-4H3,(H3,22,23,24). The van der Waals surface area contributed by atoms with Gasteiger partial charge < -0.3 is 25.4 Å². The number of hydrogen-bond donors (Lipinski definition) is 2. The zero-order valence-electron chi connectivity index (χ0n) is 17.1. The van der Waals surface area contributed by atoms with Crippen LogP contribution in [-0.2, 0) is 4.74 Å². The van der Waals surface area contributed by atoms with Gasteiger partial charge >= 0.3 is 6.09 Å². The number of carbonyl (C=O) groups is 1. The molecule has 1 aliphatic heterocycles. The number of piperidine rings is 1. The molecule has 0 spiro atoms. The number of ether oxygens (including phenoxy) is 2. The monoisotopic (exact) mass is 410 g/mol. The lowest BCUT2D eigenvalue weighted by molar-refractivity contribution is 0.0163. The maximum absolute atomic E-state index is 12.2. The Labute approximate surface area is 172 Å². The number of carbonyl (C=O) groups excluding carboxylic acids is 1. The van der Waals surface area contributed by atoms with E-state index in [1.54, 1.807) is 24.1 Å². The maximum Gasteiger partial charge on any atom is 0.410 e. The van der Waals surface area contributed by atoms with E-state index >= 15 is 0 Å². The van der Waals surface area contributed by atoms with Crippen molar-refractivity contribution < 1.29 is 14.3 Å². The van der Waals surface area contributed by atoms with Crippen LogP contribution in [0.2, 0.25) is 5.02 Å². The van der Waals surface area contributed by atoms with Crippen molar-refractivity contribution in [1.29, 1.82) is 0 Å². The fraction of sp³-hybridized carbons (Fsp3) is 0.600. The van der Waals surface area contributed by atoms with Crippen molar-refractivity contribution in [3.05, 3.63) is 23.2 Å². The highest BCUT2D eigenvalue weighted by atomic mass is 35.5. The molecule has 1 aromatic rings. The van der Waals surface area contributed by atoms with Crippen molar-refractivity contribution in [3.8, 4) is 5.75 Å². The van der Waals surface area contributed by atoms with Gasteiger partial charge in [-0.3, -0.25) is 4.99 Å². The van der Waals surface area contributed by atoms with Gasteiger partial charge in [-0.1, -0.05) is 11.6 Å². The molecule has 156 valence electrons. The topological polar surface area (TPSA) is 89.2 Å². The number of aliphatic imine (C=N–C) groups is 1. The van der Waals surface area contributed by atoms with E-state index in [4.69, 9.17) is 26.8 Å². The Morgan fingerprint density at radius 3 is 2.82 bits per heavy atom. The van der Waals surface area contributed by atoms with E-state index in [0.29, 0.717) is 35.7 Å². The van der Waals surface area contributed by atoms with Crippen molar-refractivity contribution in [1.82, 2.24) is 4.90 Å². The molecule has 1 aliphatic rings. The van der Waals surface area contributed by atoms with Crippen molar-refractivity contribution in [2.75, 3.05) is 32.1 Å². The highest BCUT2D eigenvalue weighted by molar-refractivity contribution is 6.32. The third-order valence-electron chi connectivity index (χ3n) is 4.41. The molecular weight excluding hydrogens is 380 g/mol. The number of guanidine groups is 1. The van der Waals surface area contributed by atoms with Crippen LogP contribution < -0.4 is 15.8 Å². The molecule has 7 nitrogen and oxygen atoms in total. The molecule has 8 heteroatoms. The molecule has 0 aliphatic carbocycles. The summed E-state index contributed by atoms with van der Waals surface area (Å²) in [5, 5.41) is 3.53. The number of methoxy groups -OCH3 is 1. The quantitative estimate of drug-likeness (QED) is 0.563. The molecule has 1 amide bonds. The summed E-state index contributed by atoms with van der Waals surface area (Å²) in [4.78, 5) is 18.4. The summed E-state index contributed by atoms with van der Waals surface area (Å²) in [6, 6.07) is 5.33. The van der Waals surface area contributed by atoms with Crippen LogP contribution in [0.15, 0.2) is 23.2 Å². The number of halogens is 1. The SMILES string of the molecule is COc1ccc(NC(N)=NCCC2CCCN(C(=O)OC(C)(C)C)C2)cc1Cl. The second kappa shape index (κ2) is 9.87. The van der Waals surface area contributed by atoms with Gasteiger partial charge in [0, 0.05) is 25.3 Å². The second-order valence-electron chi connectivity index (χ2n) is 7.96. The van der Waals surface area contributed by atoms with Crippen LogP contribution in [0.4, 0.5) is 10.5 Å². The molecule has 1 saturated heterocycles. The molecule has 0 saturated carbocycles. The van der Waals surface area contributed by atoms with Crippen LogP contribution in [-0.4, -0.2) is 49.3 Å². The fourth-order valence-electron chi connectivity index (χ4n) is 3.09. The molecule has 0 aromatic heterocycles. The number of nitrogens with two attached hydrogens (primary N) is 1. The second-order valence-corrected chi connectivity index (χ2v) is 8.37. The number of nitrogens with one attached hydrogen (secondary N) is 1. The molecule has 1 aromatic carbocycles. The van der Waals surface area contributed by atoms with E-state index in [-0.39, 0.29) is 6.09 Å². The van der Waals surface area contributed by atoms with Crippen LogP contribution in [0.25, 0.3) is 0 Å². The van der Waals surface area contributed by atoms with Gasteiger partial charge in [0.2, 0.25) is 0 Å². The Morgan fingerprint density at radius 1 is 1.43 bits per heavy atom. The van der Waals surface area contributed by atoms with Gasteiger partial charge in [-0.05, 0) is 64.2 Å². The van der Waals surface area contributed by atoms with Crippen molar-refractivity contribution >= 4 is 29.3 Å². The lowest BCUT2D eigenvalue weighted by Gasteiger charge is -2.34. The summed E-state index contributed by atoms with van der Waals surface area (Å²) in [5.74, 6) is 1.34. The number of benzene rings is 1. The number of anilines is 1. The van der Waals surface area contributed by atoms with Crippen LogP contribution in [0, 0.1) is 5.92 Å². The molecule has 2 rings (SSSR count). The average Bonchev–Trinajstić information content (AvgIpc) is 2.61. The first-order chi connectivity index (χ1) is 13.2. The first-order valence-corrected chi connectivity index (χ1v) is 9.94. The van der Waals surface area contributed by atoms with Gasteiger partial charge in [-0.15, -0.1) is 0 Å². The summed E-state index contributed by atoms with van der Waals surface area (Å²) >= 11 is 6.11. The van der Waals surface area contributed by atoms with E-state index in [1.807, 2.05) is 26.8 Å². The highest BCUT2D eigenvalue weighted by Crippen LogP contribution is 2.27. The lowest BCUT2D eigenvalue weighted by atomic mass is 9.95. The van der Waals surface area contributed by atoms with Gasteiger partial charge in [0.15, 0.2) is 5.96 Å². The summed E-state index contributed by atoms with van der Waals surface area (Å²) in [7, 11) is 1.57. The van der Waals surface area contributed by atoms with E-state index in [9.17, 15) is 4.79 Å². The Hall–Kier alpha value is -2.15. The summed E-state index contributed by atoms with van der Waals surface area (Å²) in [6.07, 6.45) is 2.69. The number of amides is 1. The number of hydrogen-bond acceptors (Lipinski definition) is 4. The van der Waals surface area contributed by atoms with Crippen LogP contribution >= 0.6 is 11.6 Å². The minimum atomic E-state index is -0.473. The molecular formula is C20H31ClN4O3. The van der Waals surface area contributed by atoms with E-state index in [1.165, 1.54) is 0 Å². The Morgan fingerprint density at radius 2 is 2.18 bits per heavy atom. The van der Waals surface area contributed by atoms with Gasteiger partial charge in [0.1, 0.15) is 11.4 Å². The third-order valence-corrected chi connectivity index (χ3v) is 4.71. The van der Waals surface area contributed by atoms with Crippen LogP contribution in [0.3, 0.4) is 0 Å². The van der Waals surface area contributed by atoms with Crippen molar-refractivity contribution in [3.63, 3.8) is 0 Å². The summed E-state index contributed by atoms with van der Waals surface area (Å²) < 4.78 is 10.6. The first-order valence-electron chi connectivity index (χ1n) is 9.56. The van der Waals surface area contributed by atoms with E-state index in [2.05, 4.69) is 10.3 Å². The van der Waals surface area contributed by atoms with Crippen molar-refractivity contribution in [2.45, 2.75) is 45.6 Å². The number of likely N-dealkylation sites (tertiary alicyclic amines) is 1. The average molecular weight is 411 g/mol. The summed E-state index contributed by atoms with van der Waals surface area (Å²) in [6.45, 7) is 7.68. The summed E-state index contributed by atoms with van der Waals surface area (Å²) in [5.41, 5.74) is 6.24. The first kappa shape index (κ1) is 22.1. The maximum atomic E-state index is 12.2. The lowest BCUT2D eigenvalue weighted by Crippen LogP contribution is -2.43. The zero-order chi connectivity index (χ0) is 20.7. The predicted molar refractivity (Wildman–Crippen MR) is 113 cm³/mol. The van der Waals surface area contributed by atoms with Gasteiger partial charge in [0.25, 0.3) is 0 Å². The zero-order valence-corrected chi connectivity index (χ0v) is 17.9. The predicted octanol–water partition coefficient (Wildman–Crippen LogP) is 4.11. The Bertz CT molecular complexity index is 703. The minimum Gasteiger partial charge on any atom is -0.495 e. The van der Waals surface area contributed by atoms with Gasteiger partial charge in [-0.2, -0.15) is 0 Å². The van der Waals surface area contributed by atoms with Gasteiger partial charge in [-0.25, -0.2) is 4.79 Å².